The number of carbonyl (C=O) groups is 1. The molecule has 4 aromatic rings. The van der Waals surface area contributed by atoms with Crippen molar-refractivity contribution in [1.29, 1.82) is 0 Å². The van der Waals surface area contributed by atoms with Gasteiger partial charge in [-0.15, -0.1) is 11.3 Å². The van der Waals surface area contributed by atoms with Gasteiger partial charge in [0.15, 0.2) is 11.5 Å². The van der Waals surface area contributed by atoms with Gasteiger partial charge in [0.1, 0.15) is 0 Å². The molecule has 0 N–H and O–H groups in total. The minimum Gasteiger partial charge on any atom is -0.493 e. The van der Waals surface area contributed by atoms with Gasteiger partial charge in [0.2, 0.25) is 15.9 Å². The van der Waals surface area contributed by atoms with Gasteiger partial charge in [-0.25, -0.2) is 8.42 Å². The molecule has 42 heavy (non-hydrogen) atoms. The summed E-state index contributed by atoms with van der Waals surface area (Å²) in [6.07, 6.45) is 1.95. The van der Waals surface area contributed by atoms with Crippen molar-refractivity contribution in [2.24, 2.45) is 0 Å². The van der Waals surface area contributed by atoms with Crippen molar-refractivity contribution in [2.75, 3.05) is 40.5 Å². The van der Waals surface area contributed by atoms with Gasteiger partial charge in [0.05, 0.1) is 38.3 Å². The third-order valence-corrected chi connectivity index (χ3v) is 10.2. The first kappa shape index (κ1) is 30.0. The normalized spacial score (nSPS) is 15.3. The van der Waals surface area contributed by atoms with Crippen molar-refractivity contribution in [1.82, 2.24) is 9.21 Å². The van der Waals surface area contributed by atoms with E-state index in [-0.39, 0.29) is 30.0 Å². The molecule has 3 aromatic carbocycles. The van der Waals surface area contributed by atoms with E-state index in [0.29, 0.717) is 43.0 Å². The summed E-state index contributed by atoms with van der Waals surface area (Å²) in [6.45, 7) is 1.25. The molecule has 5 rings (SSSR count). The maximum Gasteiger partial charge on any atom is 0.244 e. The molecule has 1 saturated heterocycles. The lowest BCUT2D eigenvalue weighted by Crippen LogP contribution is -2.45. The SMILES string of the molecule is COc1ccc(CCN(Cc2cccs2)C(=O)CN(C[C@H]2CCCO2)S(=O)(=O)c2cccc3ccccc23)cc1OC. The third-order valence-electron chi connectivity index (χ3n) is 7.51. The van der Waals surface area contributed by atoms with Gasteiger partial charge in [-0.1, -0.05) is 48.5 Å². The van der Waals surface area contributed by atoms with E-state index in [9.17, 15) is 13.2 Å². The fraction of sp³-hybridized carbons (Fsp3) is 0.344. The van der Waals surface area contributed by atoms with Crippen LogP contribution in [0.4, 0.5) is 0 Å². The first-order valence-corrected chi connectivity index (χ1v) is 16.3. The molecule has 0 radical (unpaired) electrons. The quantitative estimate of drug-likeness (QED) is 0.203. The number of fused-ring (bicyclic) bond motifs is 1. The topological polar surface area (TPSA) is 85.4 Å². The zero-order valence-corrected chi connectivity index (χ0v) is 25.5. The molecule has 2 heterocycles. The van der Waals surface area contributed by atoms with Gasteiger partial charge in [0.25, 0.3) is 0 Å². The van der Waals surface area contributed by atoms with Crippen LogP contribution in [0.5, 0.6) is 11.5 Å². The maximum absolute atomic E-state index is 14.2. The summed E-state index contributed by atoms with van der Waals surface area (Å²) in [6, 6.07) is 22.3. The van der Waals surface area contributed by atoms with Gasteiger partial charge < -0.3 is 19.1 Å². The van der Waals surface area contributed by atoms with Gasteiger partial charge in [-0.05, 0) is 59.9 Å². The molecule has 0 saturated carbocycles. The molecule has 8 nitrogen and oxygen atoms in total. The average Bonchev–Trinajstić information content (AvgIpc) is 3.73. The molecule has 1 aliphatic heterocycles. The van der Waals surface area contributed by atoms with Gasteiger partial charge in [-0.3, -0.25) is 4.79 Å². The van der Waals surface area contributed by atoms with Crippen molar-refractivity contribution < 1.29 is 27.4 Å². The predicted octanol–water partition coefficient (Wildman–Crippen LogP) is 5.36. The highest BCUT2D eigenvalue weighted by Crippen LogP contribution is 2.29. The van der Waals surface area contributed by atoms with Crippen molar-refractivity contribution in [3.8, 4) is 11.5 Å². The summed E-state index contributed by atoms with van der Waals surface area (Å²) in [5.41, 5.74) is 0.983. The number of hydrogen-bond donors (Lipinski definition) is 0. The van der Waals surface area contributed by atoms with E-state index in [0.717, 1.165) is 28.7 Å². The first-order chi connectivity index (χ1) is 20.4. The minimum atomic E-state index is -4.01. The fourth-order valence-corrected chi connectivity index (χ4v) is 7.61. The molecule has 10 heteroatoms. The summed E-state index contributed by atoms with van der Waals surface area (Å²) in [5.74, 6) is 0.997. The van der Waals surface area contributed by atoms with Crippen LogP contribution >= 0.6 is 11.3 Å². The Kier molecular flexibility index (Phi) is 9.79. The minimum absolute atomic E-state index is 0.125. The molecule has 0 unspecified atom stereocenters. The Balaban J connectivity index is 1.42. The van der Waals surface area contributed by atoms with E-state index in [2.05, 4.69) is 0 Å². The molecule has 222 valence electrons. The summed E-state index contributed by atoms with van der Waals surface area (Å²) in [7, 11) is -0.830. The lowest BCUT2D eigenvalue weighted by molar-refractivity contribution is -0.132. The van der Waals surface area contributed by atoms with Crippen molar-refractivity contribution in [3.05, 3.63) is 88.6 Å². The van der Waals surface area contributed by atoms with Crippen LogP contribution in [0.15, 0.2) is 83.1 Å². The van der Waals surface area contributed by atoms with Crippen molar-refractivity contribution in [3.63, 3.8) is 0 Å². The second-order valence-electron chi connectivity index (χ2n) is 10.2. The number of sulfonamides is 1. The molecule has 1 aromatic heterocycles. The Hall–Kier alpha value is -3.44. The Morgan fingerprint density at radius 1 is 1.00 bits per heavy atom. The predicted molar refractivity (Wildman–Crippen MR) is 165 cm³/mol. The maximum atomic E-state index is 14.2. The highest BCUT2D eigenvalue weighted by molar-refractivity contribution is 7.89. The van der Waals surface area contributed by atoms with Gasteiger partial charge >= 0.3 is 0 Å². The summed E-state index contributed by atoms with van der Waals surface area (Å²) < 4.78 is 46.3. The van der Waals surface area contributed by atoms with Crippen LogP contribution in [0.2, 0.25) is 0 Å². The van der Waals surface area contributed by atoms with Crippen LogP contribution in [0, 0.1) is 0 Å². The number of ether oxygens (including phenoxy) is 3. The van der Waals surface area contributed by atoms with Crippen LogP contribution in [-0.4, -0.2) is 70.1 Å². The number of rotatable bonds is 13. The van der Waals surface area contributed by atoms with Crippen LogP contribution in [0.3, 0.4) is 0 Å². The smallest absolute Gasteiger partial charge is 0.244 e. The van der Waals surface area contributed by atoms with E-state index >= 15 is 0 Å². The lowest BCUT2D eigenvalue weighted by Gasteiger charge is -2.29. The first-order valence-electron chi connectivity index (χ1n) is 14.0. The summed E-state index contributed by atoms with van der Waals surface area (Å²) in [5, 5.41) is 3.44. The largest absolute Gasteiger partial charge is 0.493 e. The number of carbonyl (C=O) groups excluding carboxylic acids is 1. The number of thiophene rings is 1. The molecule has 1 aliphatic rings. The van der Waals surface area contributed by atoms with Crippen LogP contribution < -0.4 is 9.47 Å². The Bertz CT molecular complexity index is 1600. The van der Waals surface area contributed by atoms with Crippen LogP contribution in [-0.2, 0) is 32.5 Å². The van der Waals surface area contributed by atoms with Crippen molar-refractivity contribution in [2.45, 2.75) is 36.8 Å². The second-order valence-corrected chi connectivity index (χ2v) is 13.2. The number of methoxy groups -OCH3 is 2. The number of amides is 1. The van der Waals surface area contributed by atoms with Crippen LogP contribution in [0.25, 0.3) is 10.8 Å². The lowest BCUT2D eigenvalue weighted by atomic mass is 10.1. The molecule has 1 atom stereocenters. The van der Waals surface area contributed by atoms with Crippen molar-refractivity contribution >= 4 is 38.0 Å². The average molecular weight is 609 g/mol. The Morgan fingerprint density at radius 2 is 1.81 bits per heavy atom. The fourth-order valence-electron chi connectivity index (χ4n) is 5.26. The molecular weight excluding hydrogens is 572 g/mol. The molecule has 0 aliphatic carbocycles. The zero-order valence-electron chi connectivity index (χ0n) is 23.9. The molecule has 1 amide bonds. The highest BCUT2D eigenvalue weighted by Gasteiger charge is 2.33. The molecule has 0 spiro atoms. The Morgan fingerprint density at radius 3 is 2.55 bits per heavy atom. The van der Waals surface area contributed by atoms with E-state index in [1.807, 2.05) is 60.0 Å². The number of benzene rings is 3. The molecule has 0 bridgehead atoms. The molecule has 1 fully saturated rings. The number of nitrogens with zero attached hydrogens (tertiary/aromatic N) is 2. The number of hydrogen-bond acceptors (Lipinski definition) is 7. The zero-order chi connectivity index (χ0) is 29.5. The van der Waals surface area contributed by atoms with E-state index in [1.54, 1.807) is 48.7 Å². The summed E-state index contributed by atoms with van der Waals surface area (Å²) >= 11 is 1.57. The third kappa shape index (κ3) is 6.95. The Labute approximate surface area is 251 Å². The van der Waals surface area contributed by atoms with E-state index in [1.165, 1.54) is 4.31 Å². The van der Waals surface area contributed by atoms with Gasteiger partial charge in [0, 0.05) is 30.0 Å². The highest BCUT2D eigenvalue weighted by atomic mass is 32.2. The van der Waals surface area contributed by atoms with E-state index < -0.39 is 10.0 Å². The summed E-state index contributed by atoms with van der Waals surface area (Å²) in [4.78, 5) is 16.9. The monoisotopic (exact) mass is 608 g/mol. The van der Waals surface area contributed by atoms with E-state index in [4.69, 9.17) is 14.2 Å². The molecular formula is C32H36N2O6S2. The van der Waals surface area contributed by atoms with Crippen LogP contribution in [0.1, 0.15) is 23.3 Å². The second kappa shape index (κ2) is 13.7. The van der Waals surface area contributed by atoms with Gasteiger partial charge in [-0.2, -0.15) is 4.31 Å². The standard InChI is InChI=1S/C32H36N2O6S2/c1-38-29-15-14-24(20-30(29)39-2)16-17-33(22-27-11-7-19-41-27)32(35)23-34(21-26-10-6-18-40-26)42(36,37)31-13-5-9-25-8-3-4-12-28(25)31/h3-5,7-9,11-15,19-20,26H,6,10,16-18,21-23H2,1-2H3/t26-/m1/s1.